The van der Waals surface area contributed by atoms with Crippen LogP contribution in [-0.4, -0.2) is 9.97 Å². The lowest BCUT2D eigenvalue weighted by Gasteiger charge is -2.11. The van der Waals surface area contributed by atoms with Crippen LogP contribution in [0.15, 0.2) is 18.2 Å². The number of aromatic nitrogens is 2. The summed E-state index contributed by atoms with van der Waals surface area (Å²) in [6.45, 7) is 0. The fourth-order valence-corrected chi connectivity index (χ4v) is 3.59. The van der Waals surface area contributed by atoms with Gasteiger partial charge in [-0.2, -0.15) is 26.3 Å². The first-order chi connectivity index (χ1) is 11.0. The van der Waals surface area contributed by atoms with Crippen molar-refractivity contribution in [2.45, 2.75) is 12.4 Å². The van der Waals surface area contributed by atoms with Crippen molar-refractivity contribution in [2.75, 3.05) is 0 Å². The maximum absolute atomic E-state index is 13.1. The monoisotopic (exact) mass is 404 g/mol. The number of hydrogen-bond donors (Lipinski definition) is 1. The van der Waals surface area contributed by atoms with Crippen LogP contribution in [0.3, 0.4) is 0 Å². The zero-order chi connectivity index (χ0) is 17.9. The summed E-state index contributed by atoms with van der Waals surface area (Å²) in [6, 6.07) is 1.97. The Morgan fingerprint density at radius 2 is 1.62 bits per heavy atom. The van der Waals surface area contributed by atoms with Crippen LogP contribution in [0.5, 0.6) is 0 Å². The average molecular weight is 405 g/mol. The zero-order valence-corrected chi connectivity index (χ0v) is 13.4. The fraction of sp³-hybridized carbons (Fsp3) is 0.154. The van der Waals surface area contributed by atoms with E-state index < -0.39 is 34.5 Å². The van der Waals surface area contributed by atoms with Gasteiger partial charge in [0.25, 0.3) is 0 Å². The van der Waals surface area contributed by atoms with Crippen molar-refractivity contribution in [2.24, 2.45) is 0 Å². The Morgan fingerprint density at radius 3 is 2.12 bits per heavy atom. The van der Waals surface area contributed by atoms with Crippen LogP contribution >= 0.6 is 34.5 Å². The second kappa shape index (κ2) is 5.53. The standard InChI is InChI=1S/C13H4Cl2F6N2S/c14-8-3-5(10(15)24-8)11-22-7-2-4(12(16,17)18)1-6(9(7)23-11)13(19,20)21/h1-3H,(H,22,23). The summed E-state index contributed by atoms with van der Waals surface area (Å²) in [7, 11) is 0. The molecule has 0 saturated carbocycles. The Morgan fingerprint density at radius 1 is 0.958 bits per heavy atom. The van der Waals surface area contributed by atoms with Crippen LogP contribution in [-0.2, 0) is 12.4 Å². The molecular formula is C13H4Cl2F6N2S. The number of imidazole rings is 1. The number of aromatic amines is 1. The summed E-state index contributed by atoms with van der Waals surface area (Å²) in [4.78, 5) is 6.21. The zero-order valence-electron chi connectivity index (χ0n) is 11.1. The molecule has 24 heavy (non-hydrogen) atoms. The molecule has 1 aromatic carbocycles. The SMILES string of the molecule is FC(F)(F)c1cc(C(F)(F)F)c2nc(-c3cc(Cl)sc3Cl)[nH]c2c1. The summed E-state index contributed by atoms with van der Waals surface area (Å²) in [5.41, 5.74) is -3.71. The molecule has 2 nitrogen and oxygen atoms in total. The Balaban J connectivity index is 2.30. The lowest BCUT2D eigenvalue weighted by atomic mass is 10.1. The summed E-state index contributed by atoms with van der Waals surface area (Å²) in [5, 5.41) is 0. The number of thiophene rings is 1. The first-order valence-electron chi connectivity index (χ1n) is 6.10. The van der Waals surface area contributed by atoms with Crippen molar-refractivity contribution < 1.29 is 26.3 Å². The third-order valence-electron chi connectivity index (χ3n) is 3.13. The Bertz CT molecular complexity index is 925. The van der Waals surface area contributed by atoms with Gasteiger partial charge in [0.15, 0.2) is 0 Å². The highest BCUT2D eigenvalue weighted by Crippen LogP contribution is 2.42. The van der Waals surface area contributed by atoms with E-state index in [0.29, 0.717) is 6.07 Å². The molecule has 0 fully saturated rings. The van der Waals surface area contributed by atoms with E-state index >= 15 is 0 Å². The molecule has 0 aliphatic rings. The molecule has 0 bridgehead atoms. The van der Waals surface area contributed by atoms with Crippen LogP contribution in [0.1, 0.15) is 11.1 Å². The van der Waals surface area contributed by atoms with Crippen molar-refractivity contribution in [1.29, 1.82) is 0 Å². The van der Waals surface area contributed by atoms with E-state index in [9.17, 15) is 26.3 Å². The Kier molecular flexibility index (Phi) is 4.01. The molecule has 0 atom stereocenters. The molecule has 0 aliphatic carbocycles. The van der Waals surface area contributed by atoms with E-state index in [1.165, 1.54) is 6.07 Å². The van der Waals surface area contributed by atoms with Crippen molar-refractivity contribution in [1.82, 2.24) is 9.97 Å². The molecule has 11 heteroatoms. The molecule has 2 heterocycles. The third kappa shape index (κ3) is 3.07. The summed E-state index contributed by atoms with van der Waals surface area (Å²) >= 11 is 12.6. The lowest BCUT2D eigenvalue weighted by Crippen LogP contribution is -2.11. The molecule has 0 amide bonds. The van der Waals surface area contributed by atoms with Gasteiger partial charge in [-0.15, -0.1) is 11.3 Å². The first-order valence-corrected chi connectivity index (χ1v) is 7.67. The minimum Gasteiger partial charge on any atom is -0.338 e. The molecule has 128 valence electrons. The minimum atomic E-state index is -5.00. The second-order valence-electron chi connectivity index (χ2n) is 4.74. The molecule has 0 spiro atoms. The highest BCUT2D eigenvalue weighted by molar-refractivity contribution is 7.20. The number of rotatable bonds is 1. The van der Waals surface area contributed by atoms with Gasteiger partial charge < -0.3 is 4.98 Å². The number of fused-ring (bicyclic) bond motifs is 1. The minimum absolute atomic E-state index is 0.0369. The smallest absolute Gasteiger partial charge is 0.338 e. The maximum atomic E-state index is 13.1. The van der Waals surface area contributed by atoms with Gasteiger partial charge in [-0.3, -0.25) is 0 Å². The number of halogens is 8. The van der Waals surface area contributed by atoms with E-state index in [4.69, 9.17) is 23.2 Å². The van der Waals surface area contributed by atoms with Gasteiger partial charge in [0.1, 0.15) is 15.7 Å². The molecule has 1 N–H and O–H groups in total. The second-order valence-corrected chi connectivity index (χ2v) is 7.02. The largest absolute Gasteiger partial charge is 0.418 e. The molecule has 3 aromatic rings. The molecule has 0 unspecified atom stereocenters. The summed E-state index contributed by atoms with van der Waals surface area (Å²) in [6.07, 6.45) is -9.93. The van der Waals surface area contributed by atoms with Crippen molar-refractivity contribution in [3.63, 3.8) is 0 Å². The molecular weight excluding hydrogens is 401 g/mol. The molecule has 0 saturated heterocycles. The van der Waals surface area contributed by atoms with Crippen LogP contribution in [0, 0.1) is 0 Å². The number of H-pyrrole nitrogens is 1. The number of alkyl halides is 6. The third-order valence-corrected chi connectivity index (χ3v) is 4.62. The predicted octanol–water partition coefficient (Wildman–Crippen LogP) is 6.64. The summed E-state index contributed by atoms with van der Waals surface area (Å²) in [5.74, 6) is -0.0945. The van der Waals surface area contributed by atoms with Crippen molar-refractivity contribution in [3.05, 3.63) is 38.0 Å². The number of nitrogens with one attached hydrogen (secondary N) is 1. The molecule has 3 rings (SSSR count). The van der Waals surface area contributed by atoms with Crippen LogP contribution in [0.25, 0.3) is 22.4 Å². The van der Waals surface area contributed by atoms with Gasteiger partial charge in [0, 0.05) is 5.56 Å². The maximum Gasteiger partial charge on any atom is 0.418 e. The van der Waals surface area contributed by atoms with Crippen LogP contribution < -0.4 is 0 Å². The van der Waals surface area contributed by atoms with E-state index in [-0.39, 0.29) is 26.1 Å². The molecule has 0 aliphatic heterocycles. The number of hydrogen-bond acceptors (Lipinski definition) is 2. The van der Waals surface area contributed by atoms with Gasteiger partial charge in [0.05, 0.1) is 21.0 Å². The fourth-order valence-electron chi connectivity index (χ4n) is 2.13. The van der Waals surface area contributed by atoms with Crippen molar-refractivity contribution in [3.8, 4) is 11.4 Å². The Labute approximate surface area is 144 Å². The molecule has 2 aromatic heterocycles. The van der Waals surface area contributed by atoms with Gasteiger partial charge in [-0.1, -0.05) is 23.2 Å². The average Bonchev–Trinajstić information content (AvgIpc) is 2.97. The van der Waals surface area contributed by atoms with E-state index in [1.807, 2.05) is 0 Å². The van der Waals surface area contributed by atoms with E-state index in [0.717, 1.165) is 11.3 Å². The van der Waals surface area contributed by atoms with Gasteiger partial charge in [-0.25, -0.2) is 4.98 Å². The highest BCUT2D eigenvalue weighted by atomic mass is 35.5. The predicted molar refractivity (Wildman–Crippen MR) is 79.4 cm³/mol. The van der Waals surface area contributed by atoms with Gasteiger partial charge in [0.2, 0.25) is 0 Å². The quantitative estimate of drug-likeness (QED) is 0.452. The number of nitrogens with zero attached hydrogens (tertiary/aromatic N) is 1. The van der Waals surface area contributed by atoms with E-state index in [1.54, 1.807) is 0 Å². The Hall–Kier alpha value is -1.45. The summed E-state index contributed by atoms with van der Waals surface area (Å²) < 4.78 is 78.3. The lowest BCUT2D eigenvalue weighted by molar-refractivity contribution is -0.142. The highest BCUT2D eigenvalue weighted by Gasteiger charge is 2.39. The topological polar surface area (TPSA) is 28.7 Å². The molecule has 0 radical (unpaired) electrons. The van der Waals surface area contributed by atoms with E-state index in [2.05, 4.69) is 9.97 Å². The normalized spacial score (nSPS) is 13.0. The van der Waals surface area contributed by atoms with Crippen LogP contribution in [0.4, 0.5) is 26.3 Å². The van der Waals surface area contributed by atoms with Crippen LogP contribution in [0.2, 0.25) is 8.67 Å². The van der Waals surface area contributed by atoms with Crippen molar-refractivity contribution >= 4 is 45.6 Å². The van der Waals surface area contributed by atoms with Gasteiger partial charge in [-0.05, 0) is 18.2 Å². The first kappa shape index (κ1) is 17.4. The number of benzene rings is 1. The van der Waals surface area contributed by atoms with Gasteiger partial charge >= 0.3 is 12.4 Å².